The molecule has 0 atom stereocenters. The molecule has 2 aliphatic rings. The van der Waals surface area contributed by atoms with Gasteiger partial charge >= 0.3 is 6.36 Å². The Balaban J connectivity index is 1.20. The molecule has 2 saturated heterocycles. The number of alkyl halides is 3. The number of benzene rings is 1. The largest absolute Gasteiger partial charge is 0.573 e. The van der Waals surface area contributed by atoms with E-state index < -0.39 is 12.1 Å². The summed E-state index contributed by atoms with van der Waals surface area (Å²) in [6, 6.07) is 5.38. The van der Waals surface area contributed by atoms with Crippen LogP contribution in [0.25, 0.3) is 11.0 Å². The number of aromatic nitrogens is 3. The van der Waals surface area contributed by atoms with Crippen molar-refractivity contribution in [2.45, 2.75) is 31.5 Å². The summed E-state index contributed by atoms with van der Waals surface area (Å²) in [5.74, 6) is -0.696. The topological polar surface area (TPSA) is 130 Å². The van der Waals surface area contributed by atoms with Crippen molar-refractivity contribution in [3.63, 3.8) is 0 Å². The number of carbonyl (C=O) groups excluding carboxylic acids is 2. The molecule has 1 aromatic carbocycles. The number of rotatable bonds is 7. The van der Waals surface area contributed by atoms with Crippen molar-refractivity contribution in [1.82, 2.24) is 30.1 Å². The number of nitrogens with one attached hydrogen (secondary N) is 1. The Kier molecular flexibility index (Phi) is 8.61. The molecule has 42 heavy (non-hydrogen) atoms. The molecule has 0 bridgehead atoms. The number of pyridine rings is 1. The van der Waals surface area contributed by atoms with Crippen LogP contribution in [-0.2, 0) is 4.79 Å². The number of hydrogen-bond acceptors (Lipinski definition) is 9. The highest BCUT2D eigenvalue weighted by molar-refractivity contribution is 5.99. The van der Waals surface area contributed by atoms with Crippen LogP contribution in [-0.4, -0.2) is 95.8 Å². The standard InChI is InChI=1S/C28H33F3N8O3/c1-33-24(40)6-7-37-10-12-38(13-11-37)19-14-23-26(34-16-19)25(36-17-35-23)18-4-8-39(9-5-18)27(41)21-3-2-20(15-22(21)32)42-28(29,30)31/h2-3,14-18H,4-13,32H2,1H3,(H,33,40). The predicted octanol–water partition coefficient (Wildman–Crippen LogP) is 2.78. The van der Waals surface area contributed by atoms with Crippen molar-refractivity contribution < 1.29 is 27.5 Å². The number of fused-ring (bicyclic) bond motifs is 1. The molecule has 4 heterocycles. The van der Waals surface area contributed by atoms with Crippen LogP contribution in [0.2, 0.25) is 0 Å². The van der Waals surface area contributed by atoms with Crippen LogP contribution in [0.1, 0.15) is 41.2 Å². The second-order valence-electron chi connectivity index (χ2n) is 10.4. The first-order valence-corrected chi connectivity index (χ1v) is 13.8. The van der Waals surface area contributed by atoms with Gasteiger partial charge in [-0.15, -0.1) is 13.2 Å². The molecule has 0 spiro atoms. The van der Waals surface area contributed by atoms with E-state index in [-0.39, 0.29) is 29.0 Å². The van der Waals surface area contributed by atoms with Crippen LogP contribution in [0.5, 0.6) is 5.75 Å². The fourth-order valence-corrected chi connectivity index (χ4v) is 5.50. The fourth-order valence-electron chi connectivity index (χ4n) is 5.50. The van der Waals surface area contributed by atoms with Crippen molar-refractivity contribution in [3.8, 4) is 5.75 Å². The number of amides is 2. The maximum atomic E-state index is 13.1. The van der Waals surface area contributed by atoms with Crippen LogP contribution in [0, 0.1) is 0 Å². The van der Waals surface area contributed by atoms with Crippen LogP contribution < -0.4 is 20.7 Å². The first kappa shape index (κ1) is 29.3. The summed E-state index contributed by atoms with van der Waals surface area (Å²) in [5, 5.41) is 2.66. The lowest BCUT2D eigenvalue weighted by Gasteiger charge is -2.36. The summed E-state index contributed by atoms with van der Waals surface area (Å²) in [7, 11) is 1.65. The van der Waals surface area contributed by atoms with Crippen molar-refractivity contribution in [2.75, 3.05) is 63.5 Å². The zero-order valence-electron chi connectivity index (χ0n) is 23.2. The summed E-state index contributed by atoms with van der Waals surface area (Å²) >= 11 is 0. The number of piperazine rings is 1. The Morgan fingerprint density at radius 1 is 1.05 bits per heavy atom. The van der Waals surface area contributed by atoms with E-state index in [0.29, 0.717) is 32.4 Å². The average Bonchev–Trinajstić information content (AvgIpc) is 2.98. The Morgan fingerprint density at radius 3 is 2.45 bits per heavy atom. The number of nitrogen functional groups attached to an aromatic ring is 1. The first-order valence-electron chi connectivity index (χ1n) is 13.8. The van der Waals surface area contributed by atoms with E-state index >= 15 is 0 Å². The Morgan fingerprint density at radius 2 is 1.79 bits per heavy atom. The minimum atomic E-state index is -4.84. The van der Waals surface area contributed by atoms with Gasteiger partial charge in [0.15, 0.2) is 0 Å². The van der Waals surface area contributed by atoms with Gasteiger partial charge in [0, 0.05) is 77.0 Å². The molecule has 2 aliphatic heterocycles. The van der Waals surface area contributed by atoms with E-state index in [0.717, 1.165) is 67.3 Å². The molecule has 2 aromatic heterocycles. The van der Waals surface area contributed by atoms with E-state index in [1.165, 1.54) is 6.07 Å². The molecule has 3 N–H and O–H groups in total. The number of hydrogen-bond donors (Lipinski definition) is 2. The first-order chi connectivity index (χ1) is 20.1. The van der Waals surface area contributed by atoms with Crippen molar-refractivity contribution in [2.24, 2.45) is 0 Å². The fraction of sp³-hybridized carbons (Fsp3) is 0.464. The lowest BCUT2D eigenvalue weighted by atomic mass is 9.92. The molecule has 2 fully saturated rings. The maximum absolute atomic E-state index is 13.1. The highest BCUT2D eigenvalue weighted by Crippen LogP contribution is 2.33. The van der Waals surface area contributed by atoms with Gasteiger partial charge in [-0.25, -0.2) is 9.97 Å². The molecule has 2 amide bonds. The monoisotopic (exact) mass is 586 g/mol. The molecule has 0 aliphatic carbocycles. The number of nitrogens with zero attached hydrogens (tertiary/aromatic N) is 6. The van der Waals surface area contributed by atoms with Gasteiger partial charge in [0.1, 0.15) is 17.6 Å². The van der Waals surface area contributed by atoms with Gasteiger partial charge in [-0.3, -0.25) is 19.5 Å². The second-order valence-corrected chi connectivity index (χ2v) is 10.4. The quantitative estimate of drug-likeness (QED) is 0.402. The number of carbonyl (C=O) groups is 2. The molecule has 11 nitrogen and oxygen atoms in total. The SMILES string of the molecule is CNC(=O)CCN1CCN(c2cnc3c(C4CCN(C(=O)c5ccc(OC(F)(F)F)cc5N)CC4)ncnc3c2)CC1. The second kappa shape index (κ2) is 12.3. The van der Waals surface area contributed by atoms with Crippen LogP contribution in [0.3, 0.4) is 0 Å². The summed E-state index contributed by atoms with van der Waals surface area (Å²) in [4.78, 5) is 44.6. The van der Waals surface area contributed by atoms with E-state index in [4.69, 9.17) is 10.7 Å². The number of piperidine rings is 1. The average molecular weight is 587 g/mol. The van der Waals surface area contributed by atoms with E-state index in [9.17, 15) is 22.8 Å². The third kappa shape index (κ3) is 6.81. The predicted molar refractivity (Wildman–Crippen MR) is 150 cm³/mol. The van der Waals surface area contributed by atoms with Gasteiger partial charge in [-0.05, 0) is 31.0 Å². The molecule has 14 heteroatoms. The molecule has 224 valence electrons. The van der Waals surface area contributed by atoms with Gasteiger partial charge in [0.25, 0.3) is 5.91 Å². The molecular weight excluding hydrogens is 553 g/mol. The van der Waals surface area contributed by atoms with Gasteiger partial charge in [-0.2, -0.15) is 0 Å². The normalized spacial score (nSPS) is 17.0. The molecule has 0 radical (unpaired) electrons. The minimum absolute atomic E-state index is 0.0433. The van der Waals surface area contributed by atoms with Crippen LogP contribution in [0.4, 0.5) is 24.5 Å². The molecule has 0 saturated carbocycles. The zero-order chi connectivity index (χ0) is 29.9. The summed E-state index contributed by atoms with van der Waals surface area (Å²) in [6.45, 7) is 5.00. The number of ether oxygens (including phenoxy) is 1. The van der Waals surface area contributed by atoms with Crippen molar-refractivity contribution in [3.05, 3.63) is 48.0 Å². The Labute approximate surface area is 240 Å². The van der Waals surface area contributed by atoms with Crippen LogP contribution in [0.15, 0.2) is 36.8 Å². The highest BCUT2D eigenvalue weighted by atomic mass is 19.4. The van der Waals surface area contributed by atoms with Gasteiger partial charge in [0.05, 0.1) is 28.7 Å². The van der Waals surface area contributed by atoms with Gasteiger partial charge in [-0.1, -0.05) is 0 Å². The smallest absolute Gasteiger partial charge is 0.406 e. The van der Waals surface area contributed by atoms with Crippen molar-refractivity contribution in [1.29, 1.82) is 0 Å². The van der Waals surface area contributed by atoms with Crippen molar-refractivity contribution >= 4 is 34.2 Å². The molecule has 0 unspecified atom stereocenters. The summed E-state index contributed by atoms with van der Waals surface area (Å²) in [5.41, 5.74) is 9.27. The van der Waals surface area contributed by atoms with E-state index in [2.05, 4.69) is 29.8 Å². The van der Waals surface area contributed by atoms with E-state index in [1.807, 2.05) is 12.3 Å². The zero-order valence-corrected chi connectivity index (χ0v) is 23.2. The lowest BCUT2D eigenvalue weighted by Crippen LogP contribution is -2.47. The summed E-state index contributed by atoms with van der Waals surface area (Å²) < 4.78 is 41.4. The Bertz CT molecular complexity index is 1440. The number of nitrogens with two attached hydrogens (primary N) is 1. The molecule has 5 rings (SSSR count). The van der Waals surface area contributed by atoms with Gasteiger partial charge < -0.3 is 25.6 Å². The Hall–Kier alpha value is -4.20. The third-order valence-corrected chi connectivity index (χ3v) is 7.82. The van der Waals surface area contributed by atoms with Gasteiger partial charge in [0.2, 0.25) is 5.91 Å². The molecular formula is C28H33F3N8O3. The number of anilines is 2. The summed E-state index contributed by atoms with van der Waals surface area (Å²) in [6.07, 6.45) is 0.337. The maximum Gasteiger partial charge on any atom is 0.573 e. The highest BCUT2D eigenvalue weighted by Gasteiger charge is 2.32. The lowest BCUT2D eigenvalue weighted by molar-refractivity contribution is -0.274. The number of likely N-dealkylation sites (tertiary alicyclic amines) is 1. The minimum Gasteiger partial charge on any atom is -0.406 e. The number of halogens is 3. The van der Waals surface area contributed by atoms with E-state index in [1.54, 1.807) is 18.3 Å². The third-order valence-electron chi connectivity index (χ3n) is 7.82. The van der Waals surface area contributed by atoms with Crippen LogP contribution >= 0.6 is 0 Å². The molecule has 3 aromatic rings.